The van der Waals surface area contributed by atoms with Gasteiger partial charge in [-0.2, -0.15) is 0 Å². The molecule has 2 saturated heterocycles. The lowest BCUT2D eigenvalue weighted by atomic mass is 9.75. The zero-order valence-corrected chi connectivity index (χ0v) is 14.5. The Morgan fingerprint density at radius 3 is 2.71 bits per heavy atom. The number of rotatable bonds is 3. The third kappa shape index (κ3) is 2.86. The molecule has 2 aliphatic heterocycles. The van der Waals surface area contributed by atoms with Crippen molar-refractivity contribution < 1.29 is 14.3 Å². The third-order valence-electron chi connectivity index (χ3n) is 5.16. The van der Waals surface area contributed by atoms with E-state index in [-0.39, 0.29) is 17.4 Å². The van der Waals surface area contributed by atoms with Gasteiger partial charge in [0.1, 0.15) is 6.04 Å². The van der Waals surface area contributed by atoms with Crippen LogP contribution in [0.5, 0.6) is 0 Å². The molecule has 2 fully saturated rings. The van der Waals surface area contributed by atoms with Crippen LogP contribution in [0.1, 0.15) is 12.5 Å². The smallest absolute Gasteiger partial charge is 0.318 e. The summed E-state index contributed by atoms with van der Waals surface area (Å²) in [5, 5.41) is 2.82. The van der Waals surface area contributed by atoms with E-state index >= 15 is 0 Å². The first-order valence-electron chi connectivity index (χ1n) is 8.34. The first-order chi connectivity index (χ1) is 11.4. The van der Waals surface area contributed by atoms with Crippen LogP contribution < -0.4 is 5.32 Å². The molecule has 0 saturated carbocycles. The first kappa shape index (κ1) is 16.8. The summed E-state index contributed by atoms with van der Waals surface area (Å²) < 4.78 is 5.73. The van der Waals surface area contributed by atoms with Gasteiger partial charge in [-0.05, 0) is 12.5 Å². The van der Waals surface area contributed by atoms with E-state index in [1.165, 1.54) is 10.5 Å². The number of likely N-dealkylation sites (N-methyl/N-ethyl adjacent to an activating group) is 1. The summed E-state index contributed by atoms with van der Waals surface area (Å²) in [7, 11) is 3.37. The summed E-state index contributed by atoms with van der Waals surface area (Å²) in [4.78, 5) is 27.8. The summed E-state index contributed by atoms with van der Waals surface area (Å²) in [6.45, 7) is 4.30. The predicted octanol–water partition coefficient (Wildman–Crippen LogP) is 1.07. The molecule has 3 atom stereocenters. The molecule has 3 amide bonds. The van der Waals surface area contributed by atoms with Gasteiger partial charge in [-0.1, -0.05) is 30.3 Å². The van der Waals surface area contributed by atoms with Crippen LogP contribution in [-0.2, 0) is 14.9 Å². The monoisotopic (exact) mass is 331 g/mol. The van der Waals surface area contributed by atoms with Crippen molar-refractivity contribution in [1.82, 2.24) is 15.1 Å². The van der Waals surface area contributed by atoms with Gasteiger partial charge in [0.2, 0.25) is 5.91 Å². The zero-order valence-electron chi connectivity index (χ0n) is 14.5. The highest BCUT2D eigenvalue weighted by atomic mass is 16.5. The van der Waals surface area contributed by atoms with Crippen LogP contribution in [-0.4, -0.2) is 68.2 Å². The molecule has 0 aromatic heterocycles. The number of likely N-dealkylation sites (tertiary alicyclic amines) is 1. The molecule has 1 aromatic rings. The minimum absolute atomic E-state index is 0.108. The van der Waals surface area contributed by atoms with Gasteiger partial charge in [0.25, 0.3) is 0 Å². The molecule has 6 heteroatoms. The average molecular weight is 331 g/mol. The number of nitrogens with zero attached hydrogens (tertiary/aromatic N) is 2. The molecule has 2 heterocycles. The number of carbonyl (C=O) groups excluding carboxylic acids is 2. The maximum atomic E-state index is 12.6. The van der Waals surface area contributed by atoms with Crippen LogP contribution in [0.15, 0.2) is 30.3 Å². The second-order valence-corrected chi connectivity index (χ2v) is 7.02. The summed E-state index contributed by atoms with van der Waals surface area (Å²) in [5.41, 5.74) is 1.09. The van der Waals surface area contributed by atoms with E-state index in [2.05, 4.69) is 17.4 Å². The molecule has 6 nitrogen and oxygen atoms in total. The molecule has 130 valence electrons. The van der Waals surface area contributed by atoms with Crippen molar-refractivity contribution in [2.75, 3.05) is 40.4 Å². The molecule has 0 unspecified atom stereocenters. The highest BCUT2D eigenvalue weighted by molar-refractivity contribution is 5.86. The molecular formula is C18H25N3O3. The van der Waals surface area contributed by atoms with Gasteiger partial charge in [-0.15, -0.1) is 0 Å². The Hall–Kier alpha value is -2.08. The SMILES string of the molecule is C[C@H](NC(=O)N1C[C@@H]2COC[C@]2(c2ccccc2)C1)C(=O)N(C)C. The Balaban J connectivity index is 1.72. The molecule has 2 aliphatic rings. The summed E-state index contributed by atoms with van der Waals surface area (Å²) in [5.74, 6) is 0.189. The molecule has 0 spiro atoms. The number of amides is 3. The number of carbonyl (C=O) groups is 2. The minimum atomic E-state index is -0.531. The lowest BCUT2D eigenvalue weighted by Gasteiger charge is -2.28. The van der Waals surface area contributed by atoms with Gasteiger partial charge in [0.15, 0.2) is 0 Å². The van der Waals surface area contributed by atoms with Crippen LogP contribution in [0.4, 0.5) is 4.79 Å². The van der Waals surface area contributed by atoms with E-state index in [1.807, 2.05) is 23.1 Å². The highest BCUT2D eigenvalue weighted by Gasteiger charge is 2.52. The molecule has 0 radical (unpaired) electrons. The fraction of sp³-hybridized carbons (Fsp3) is 0.556. The van der Waals surface area contributed by atoms with Gasteiger partial charge >= 0.3 is 6.03 Å². The van der Waals surface area contributed by atoms with Crippen LogP contribution in [0, 0.1) is 5.92 Å². The number of benzene rings is 1. The second kappa shape index (κ2) is 6.43. The average Bonchev–Trinajstić information content (AvgIpc) is 3.12. The van der Waals surface area contributed by atoms with E-state index in [1.54, 1.807) is 21.0 Å². The Labute approximate surface area is 142 Å². The fourth-order valence-corrected chi connectivity index (χ4v) is 3.79. The molecule has 0 aliphatic carbocycles. The van der Waals surface area contributed by atoms with E-state index in [4.69, 9.17) is 4.74 Å². The standard InChI is InChI=1S/C18H25N3O3/c1-13(16(22)20(2)3)19-17(23)21-9-15-10-24-12-18(15,11-21)14-7-5-4-6-8-14/h4-8,13,15H,9-12H2,1-3H3,(H,19,23)/t13-,15+,18-/m0/s1. The quantitative estimate of drug-likeness (QED) is 0.901. The number of fused-ring (bicyclic) bond motifs is 1. The fourth-order valence-electron chi connectivity index (χ4n) is 3.79. The van der Waals surface area contributed by atoms with Gasteiger partial charge in [0, 0.05) is 38.5 Å². The Kier molecular flexibility index (Phi) is 4.49. The number of hydrogen-bond acceptors (Lipinski definition) is 3. The van der Waals surface area contributed by atoms with Crippen molar-refractivity contribution in [2.45, 2.75) is 18.4 Å². The maximum Gasteiger partial charge on any atom is 0.318 e. The minimum Gasteiger partial charge on any atom is -0.380 e. The van der Waals surface area contributed by atoms with Crippen LogP contribution in [0.3, 0.4) is 0 Å². The van der Waals surface area contributed by atoms with Crippen LogP contribution in [0.25, 0.3) is 0 Å². The lowest BCUT2D eigenvalue weighted by molar-refractivity contribution is -0.130. The summed E-state index contributed by atoms with van der Waals surface area (Å²) >= 11 is 0. The van der Waals surface area contributed by atoms with Crippen LogP contribution in [0.2, 0.25) is 0 Å². The Morgan fingerprint density at radius 2 is 2.04 bits per heavy atom. The lowest BCUT2D eigenvalue weighted by Crippen LogP contribution is -2.49. The van der Waals surface area contributed by atoms with Crippen molar-refractivity contribution >= 4 is 11.9 Å². The maximum absolute atomic E-state index is 12.6. The number of urea groups is 1. The second-order valence-electron chi connectivity index (χ2n) is 7.02. The van der Waals surface area contributed by atoms with Crippen molar-refractivity contribution in [3.05, 3.63) is 35.9 Å². The Morgan fingerprint density at radius 1 is 1.33 bits per heavy atom. The molecule has 24 heavy (non-hydrogen) atoms. The van der Waals surface area contributed by atoms with Crippen LogP contribution >= 0.6 is 0 Å². The molecule has 0 bridgehead atoms. The molecular weight excluding hydrogens is 306 g/mol. The summed E-state index contributed by atoms with van der Waals surface area (Å²) in [6, 6.07) is 9.57. The zero-order chi connectivity index (χ0) is 17.3. The Bertz CT molecular complexity index is 619. The molecule has 1 aromatic carbocycles. The van der Waals surface area contributed by atoms with Crippen molar-refractivity contribution in [2.24, 2.45) is 5.92 Å². The number of ether oxygens (including phenoxy) is 1. The van der Waals surface area contributed by atoms with Gasteiger partial charge in [0.05, 0.1) is 13.2 Å². The highest BCUT2D eigenvalue weighted by Crippen LogP contribution is 2.43. The van der Waals surface area contributed by atoms with Gasteiger partial charge in [-0.3, -0.25) is 4.79 Å². The summed E-state index contributed by atoms with van der Waals surface area (Å²) in [6.07, 6.45) is 0. The van der Waals surface area contributed by atoms with Gasteiger partial charge < -0.3 is 19.9 Å². The molecule has 1 N–H and O–H groups in total. The topological polar surface area (TPSA) is 61.9 Å². The number of hydrogen-bond donors (Lipinski definition) is 1. The number of nitrogens with one attached hydrogen (secondary N) is 1. The van der Waals surface area contributed by atoms with Crippen molar-refractivity contribution in [3.63, 3.8) is 0 Å². The largest absolute Gasteiger partial charge is 0.380 e. The predicted molar refractivity (Wildman–Crippen MR) is 90.7 cm³/mol. The van der Waals surface area contributed by atoms with Crippen molar-refractivity contribution in [1.29, 1.82) is 0 Å². The first-order valence-corrected chi connectivity index (χ1v) is 8.34. The van der Waals surface area contributed by atoms with E-state index in [0.29, 0.717) is 32.2 Å². The third-order valence-corrected chi connectivity index (χ3v) is 5.16. The van der Waals surface area contributed by atoms with E-state index in [0.717, 1.165) is 0 Å². The molecule has 3 rings (SSSR count). The van der Waals surface area contributed by atoms with E-state index < -0.39 is 6.04 Å². The van der Waals surface area contributed by atoms with Gasteiger partial charge in [-0.25, -0.2) is 4.79 Å². The normalized spacial score (nSPS) is 26.8. The van der Waals surface area contributed by atoms with Crippen molar-refractivity contribution in [3.8, 4) is 0 Å². The van der Waals surface area contributed by atoms with E-state index in [9.17, 15) is 9.59 Å².